The fourth-order valence-electron chi connectivity index (χ4n) is 2.76. The minimum absolute atomic E-state index is 0.0929. The molecule has 0 bridgehead atoms. The molecule has 0 fully saturated rings. The lowest BCUT2D eigenvalue weighted by Gasteiger charge is -2.33. The van der Waals surface area contributed by atoms with Gasteiger partial charge in [-0.2, -0.15) is 18.3 Å². The molecule has 1 aliphatic heterocycles. The smallest absolute Gasteiger partial charge is 0.383 e. The minimum atomic E-state index is -4.48. The van der Waals surface area contributed by atoms with Crippen LogP contribution in [0, 0.1) is 0 Å². The molecule has 2 aromatic heterocycles. The average Bonchev–Trinajstić information content (AvgIpc) is 3.22. The fraction of sp³-hybridized carbons (Fsp3) is 0.467. The van der Waals surface area contributed by atoms with E-state index in [2.05, 4.69) is 31.7 Å². The fourth-order valence-corrected chi connectivity index (χ4v) is 4.11. The van der Waals surface area contributed by atoms with Crippen LogP contribution in [-0.2, 0) is 4.74 Å². The maximum Gasteiger partial charge on any atom is 0.410 e. The summed E-state index contributed by atoms with van der Waals surface area (Å²) in [4.78, 5) is 13.0. The van der Waals surface area contributed by atoms with Gasteiger partial charge in [0.2, 0.25) is 0 Å². The molecule has 142 valence electrons. The standard InChI is InChI=1S/C15H16BrF3N4O2S/c1-25-5-4-20-14(24)12-11(16)13-21-8(9-3-2-6-26-9)7-10(15(17,18)19)23(13)22-12/h2-3,6,8,10,21H,4-5,7H2,1H3,(H,20,24)/t8-,10-/m1/s1. The van der Waals surface area contributed by atoms with Gasteiger partial charge in [-0.3, -0.25) is 4.79 Å². The quantitative estimate of drug-likeness (QED) is 0.677. The number of amides is 1. The summed E-state index contributed by atoms with van der Waals surface area (Å²) >= 11 is 4.61. The molecule has 2 aromatic rings. The molecule has 0 radical (unpaired) electrons. The van der Waals surface area contributed by atoms with E-state index < -0.39 is 24.2 Å². The highest BCUT2D eigenvalue weighted by Crippen LogP contribution is 2.46. The zero-order valence-corrected chi connectivity index (χ0v) is 16.0. The van der Waals surface area contributed by atoms with E-state index in [0.717, 1.165) is 9.56 Å². The molecule has 2 N–H and O–H groups in total. The summed E-state index contributed by atoms with van der Waals surface area (Å²) in [7, 11) is 1.49. The zero-order chi connectivity index (χ0) is 18.9. The van der Waals surface area contributed by atoms with E-state index >= 15 is 0 Å². The molecule has 26 heavy (non-hydrogen) atoms. The minimum Gasteiger partial charge on any atom is -0.383 e. The number of nitrogens with zero attached hydrogens (tertiary/aromatic N) is 2. The van der Waals surface area contributed by atoms with Crippen molar-refractivity contribution >= 4 is 39.0 Å². The van der Waals surface area contributed by atoms with Crippen molar-refractivity contribution in [2.24, 2.45) is 0 Å². The Morgan fingerprint density at radius 3 is 2.96 bits per heavy atom. The molecule has 1 amide bonds. The van der Waals surface area contributed by atoms with Gasteiger partial charge in [-0.15, -0.1) is 11.3 Å². The molecule has 0 spiro atoms. The summed E-state index contributed by atoms with van der Waals surface area (Å²) in [5.41, 5.74) is -0.0929. The van der Waals surface area contributed by atoms with Gasteiger partial charge in [0, 0.05) is 25.0 Å². The van der Waals surface area contributed by atoms with Crippen LogP contribution >= 0.6 is 27.3 Å². The van der Waals surface area contributed by atoms with E-state index in [1.165, 1.54) is 18.4 Å². The van der Waals surface area contributed by atoms with Gasteiger partial charge in [0.15, 0.2) is 11.7 Å². The zero-order valence-electron chi connectivity index (χ0n) is 13.6. The molecule has 0 saturated carbocycles. The lowest BCUT2D eigenvalue weighted by molar-refractivity contribution is -0.173. The van der Waals surface area contributed by atoms with Crippen molar-refractivity contribution in [2.75, 3.05) is 25.6 Å². The summed E-state index contributed by atoms with van der Waals surface area (Å²) in [5.74, 6) is -0.417. The average molecular weight is 453 g/mol. The number of alkyl halides is 3. The van der Waals surface area contributed by atoms with Crippen molar-refractivity contribution in [1.82, 2.24) is 15.1 Å². The highest BCUT2D eigenvalue weighted by Gasteiger charge is 2.47. The first-order chi connectivity index (χ1) is 12.3. The predicted octanol–water partition coefficient (Wildman–Crippen LogP) is 3.74. The monoisotopic (exact) mass is 452 g/mol. The Morgan fingerprint density at radius 1 is 1.58 bits per heavy atom. The number of rotatable bonds is 5. The van der Waals surface area contributed by atoms with Gasteiger partial charge in [0.25, 0.3) is 5.91 Å². The Hall–Kier alpha value is -1.59. The molecular formula is C15H16BrF3N4O2S. The lowest BCUT2D eigenvalue weighted by atomic mass is 10.0. The molecule has 0 aliphatic carbocycles. The van der Waals surface area contributed by atoms with Crippen LogP contribution in [0.1, 0.15) is 33.9 Å². The van der Waals surface area contributed by atoms with Gasteiger partial charge in [-0.25, -0.2) is 4.68 Å². The van der Waals surface area contributed by atoms with Crippen molar-refractivity contribution in [1.29, 1.82) is 0 Å². The number of halogens is 4. The molecule has 6 nitrogen and oxygen atoms in total. The van der Waals surface area contributed by atoms with E-state index in [1.54, 1.807) is 12.1 Å². The number of methoxy groups -OCH3 is 1. The van der Waals surface area contributed by atoms with Crippen LogP contribution in [0.4, 0.5) is 19.0 Å². The summed E-state index contributed by atoms with van der Waals surface area (Å²) in [6.07, 6.45) is -4.68. The molecule has 3 heterocycles. The highest BCUT2D eigenvalue weighted by atomic mass is 79.9. The van der Waals surface area contributed by atoms with Gasteiger partial charge < -0.3 is 15.4 Å². The van der Waals surface area contributed by atoms with Crippen LogP contribution in [0.3, 0.4) is 0 Å². The summed E-state index contributed by atoms with van der Waals surface area (Å²) in [5, 5.41) is 11.4. The van der Waals surface area contributed by atoms with Crippen LogP contribution in [0.15, 0.2) is 22.0 Å². The normalized spacial score (nSPS) is 19.7. The second-order valence-corrected chi connectivity index (χ2v) is 7.48. The maximum atomic E-state index is 13.6. The van der Waals surface area contributed by atoms with Gasteiger partial charge in [-0.1, -0.05) is 6.07 Å². The number of anilines is 1. The first-order valence-electron chi connectivity index (χ1n) is 7.74. The second kappa shape index (κ2) is 7.57. The topological polar surface area (TPSA) is 68.2 Å². The predicted molar refractivity (Wildman–Crippen MR) is 94.5 cm³/mol. The Morgan fingerprint density at radius 2 is 2.35 bits per heavy atom. The summed E-state index contributed by atoms with van der Waals surface area (Å²) < 4.78 is 46.7. The van der Waals surface area contributed by atoms with Crippen molar-refractivity contribution in [3.63, 3.8) is 0 Å². The largest absolute Gasteiger partial charge is 0.410 e. The first-order valence-corrected chi connectivity index (χ1v) is 9.42. The lowest BCUT2D eigenvalue weighted by Crippen LogP contribution is -2.35. The number of hydrogen-bond donors (Lipinski definition) is 2. The summed E-state index contributed by atoms with van der Waals surface area (Å²) in [6.45, 7) is 0.527. The van der Waals surface area contributed by atoms with E-state index in [-0.39, 0.29) is 29.0 Å². The van der Waals surface area contributed by atoms with Crippen LogP contribution in [0.25, 0.3) is 0 Å². The van der Waals surface area contributed by atoms with Gasteiger partial charge >= 0.3 is 6.18 Å². The van der Waals surface area contributed by atoms with E-state index in [9.17, 15) is 18.0 Å². The molecule has 0 saturated heterocycles. The van der Waals surface area contributed by atoms with Crippen LogP contribution in [0.5, 0.6) is 0 Å². The van der Waals surface area contributed by atoms with Crippen molar-refractivity contribution in [2.45, 2.75) is 24.7 Å². The first kappa shape index (κ1) is 19.2. The Kier molecular flexibility index (Phi) is 5.58. The molecule has 0 unspecified atom stereocenters. The number of thiophene rings is 1. The molecule has 0 aromatic carbocycles. The van der Waals surface area contributed by atoms with Crippen molar-refractivity contribution < 1.29 is 22.7 Å². The number of fused-ring (bicyclic) bond motifs is 1. The number of ether oxygens (including phenoxy) is 1. The second-order valence-electron chi connectivity index (χ2n) is 5.71. The number of carbonyl (C=O) groups is 1. The van der Waals surface area contributed by atoms with E-state index in [4.69, 9.17) is 4.74 Å². The van der Waals surface area contributed by atoms with Crippen molar-refractivity contribution in [3.05, 3.63) is 32.6 Å². The molecular weight excluding hydrogens is 437 g/mol. The third-order valence-electron chi connectivity index (χ3n) is 3.99. The van der Waals surface area contributed by atoms with E-state index in [1.807, 2.05) is 5.38 Å². The third-order valence-corrected chi connectivity index (χ3v) is 5.73. The van der Waals surface area contributed by atoms with Crippen LogP contribution < -0.4 is 10.6 Å². The summed E-state index contributed by atoms with van der Waals surface area (Å²) in [6, 6.07) is 1.25. The van der Waals surface area contributed by atoms with Gasteiger partial charge in [-0.05, 0) is 27.4 Å². The Bertz CT molecular complexity index is 779. The molecule has 1 aliphatic rings. The van der Waals surface area contributed by atoms with Gasteiger partial charge in [0.05, 0.1) is 17.1 Å². The third kappa shape index (κ3) is 3.74. The highest BCUT2D eigenvalue weighted by molar-refractivity contribution is 9.10. The van der Waals surface area contributed by atoms with Crippen LogP contribution in [-0.4, -0.2) is 42.1 Å². The SMILES string of the molecule is COCCNC(=O)c1nn2c(c1Br)N[C@@H](c1cccs1)C[C@@H]2C(F)(F)F. The Labute approximate surface area is 159 Å². The van der Waals surface area contributed by atoms with E-state index in [0.29, 0.717) is 6.61 Å². The number of nitrogens with one attached hydrogen (secondary N) is 2. The van der Waals surface area contributed by atoms with Crippen molar-refractivity contribution in [3.8, 4) is 0 Å². The Balaban J connectivity index is 1.95. The molecule has 3 rings (SSSR count). The number of aromatic nitrogens is 2. The van der Waals surface area contributed by atoms with Crippen LogP contribution in [0.2, 0.25) is 0 Å². The number of carbonyl (C=O) groups excluding carboxylic acids is 1. The molecule has 11 heteroatoms. The molecule has 2 atom stereocenters. The number of hydrogen-bond acceptors (Lipinski definition) is 5. The maximum absolute atomic E-state index is 13.6. The van der Waals surface area contributed by atoms with Gasteiger partial charge in [0.1, 0.15) is 5.82 Å².